The van der Waals surface area contributed by atoms with Gasteiger partial charge in [-0.3, -0.25) is 4.79 Å². The van der Waals surface area contributed by atoms with Crippen molar-refractivity contribution in [3.05, 3.63) is 52.2 Å². The lowest BCUT2D eigenvalue weighted by molar-refractivity contribution is 0.0754. The summed E-state index contributed by atoms with van der Waals surface area (Å²) in [6.07, 6.45) is 0. The number of sulfonamides is 1. The van der Waals surface area contributed by atoms with Crippen LogP contribution < -0.4 is 0 Å². The van der Waals surface area contributed by atoms with Gasteiger partial charge in [0.2, 0.25) is 10.0 Å². The molecule has 2 aromatic rings. The van der Waals surface area contributed by atoms with E-state index in [1.807, 2.05) is 24.4 Å². The minimum Gasteiger partial charge on any atom is -0.334 e. The molecule has 0 spiro atoms. The van der Waals surface area contributed by atoms with Crippen molar-refractivity contribution >= 4 is 27.3 Å². The first kappa shape index (κ1) is 19.6. The molecule has 0 radical (unpaired) electrons. The Bertz CT molecular complexity index is 797. The third-order valence-corrected chi connectivity index (χ3v) is 6.93. The largest absolute Gasteiger partial charge is 0.334 e. The summed E-state index contributed by atoms with van der Waals surface area (Å²) >= 11 is 1.60. The van der Waals surface area contributed by atoms with Crippen LogP contribution in [-0.2, 0) is 16.6 Å². The van der Waals surface area contributed by atoms with Gasteiger partial charge in [0.15, 0.2) is 0 Å². The topological polar surface area (TPSA) is 57.7 Å². The van der Waals surface area contributed by atoms with Gasteiger partial charge < -0.3 is 4.90 Å². The molecule has 0 bridgehead atoms. The molecule has 1 aromatic carbocycles. The predicted octanol–water partition coefficient (Wildman–Crippen LogP) is 3.44. The molecule has 0 aliphatic carbocycles. The van der Waals surface area contributed by atoms with Crippen LogP contribution in [-0.4, -0.2) is 43.2 Å². The van der Waals surface area contributed by atoms with Crippen LogP contribution in [0.25, 0.3) is 0 Å². The highest BCUT2D eigenvalue weighted by Gasteiger charge is 2.23. The van der Waals surface area contributed by atoms with Gasteiger partial charge in [-0.25, -0.2) is 8.42 Å². The van der Waals surface area contributed by atoms with Crippen LogP contribution in [0.5, 0.6) is 0 Å². The third-order valence-electron chi connectivity index (χ3n) is 4.02. The van der Waals surface area contributed by atoms with E-state index < -0.39 is 10.0 Å². The Morgan fingerprint density at radius 1 is 1.04 bits per heavy atom. The quantitative estimate of drug-likeness (QED) is 0.705. The Hall–Kier alpha value is -1.70. The molecule has 0 saturated heterocycles. The Morgan fingerprint density at radius 2 is 1.76 bits per heavy atom. The molecule has 1 aromatic heterocycles. The van der Waals surface area contributed by atoms with Crippen molar-refractivity contribution in [3.8, 4) is 0 Å². The highest BCUT2D eigenvalue weighted by Crippen LogP contribution is 2.19. The summed E-state index contributed by atoms with van der Waals surface area (Å²) in [5.41, 5.74) is 0.395. The van der Waals surface area contributed by atoms with Crippen molar-refractivity contribution in [2.24, 2.45) is 0 Å². The van der Waals surface area contributed by atoms with Crippen LogP contribution in [0.4, 0.5) is 0 Å². The van der Waals surface area contributed by atoms with Crippen LogP contribution in [0.1, 0.15) is 36.0 Å². The minimum atomic E-state index is -3.57. The molecule has 136 valence electrons. The first-order chi connectivity index (χ1) is 11.9. The maximum Gasteiger partial charge on any atom is 0.254 e. The van der Waals surface area contributed by atoms with Gasteiger partial charge in [0.1, 0.15) is 0 Å². The second-order valence-electron chi connectivity index (χ2n) is 5.52. The van der Waals surface area contributed by atoms with Gasteiger partial charge in [-0.2, -0.15) is 4.31 Å². The van der Waals surface area contributed by atoms with Crippen molar-refractivity contribution in [1.82, 2.24) is 9.21 Å². The van der Waals surface area contributed by atoms with E-state index in [0.717, 1.165) is 4.88 Å². The van der Waals surface area contributed by atoms with Gasteiger partial charge in [-0.05, 0) is 36.6 Å². The van der Waals surface area contributed by atoms with E-state index in [0.29, 0.717) is 31.7 Å². The molecule has 1 amide bonds. The average Bonchev–Trinajstić information content (AvgIpc) is 3.13. The second-order valence-corrected chi connectivity index (χ2v) is 8.49. The molecular weight excluding hydrogens is 356 g/mol. The SMILES string of the molecule is CCN(Cc1cccs1)C(=O)c1cccc(S(=O)(=O)N(CC)CC)c1. The number of nitrogens with zero attached hydrogens (tertiary/aromatic N) is 2. The number of rotatable bonds is 8. The number of amides is 1. The molecule has 5 nitrogen and oxygen atoms in total. The summed E-state index contributed by atoms with van der Waals surface area (Å²) in [5, 5.41) is 1.98. The number of hydrogen-bond acceptors (Lipinski definition) is 4. The fourth-order valence-corrected chi connectivity index (χ4v) is 4.83. The molecular formula is C18H24N2O3S2. The van der Waals surface area contributed by atoms with Gasteiger partial charge >= 0.3 is 0 Å². The predicted molar refractivity (Wildman–Crippen MR) is 101 cm³/mol. The van der Waals surface area contributed by atoms with Crippen molar-refractivity contribution in [2.75, 3.05) is 19.6 Å². The molecule has 25 heavy (non-hydrogen) atoms. The van der Waals surface area contributed by atoms with Crippen molar-refractivity contribution in [3.63, 3.8) is 0 Å². The Kier molecular flexibility index (Phi) is 6.75. The lowest BCUT2D eigenvalue weighted by Crippen LogP contribution is -2.32. The molecule has 0 saturated carbocycles. The van der Waals surface area contributed by atoms with Gasteiger partial charge in [0.05, 0.1) is 11.4 Å². The Balaban J connectivity index is 2.29. The van der Waals surface area contributed by atoms with E-state index >= 15 is 0 Å². The molecule has 0 aliphatic rings. The number of hydrogen-bond donors (Lipinski definition) is 0. The van der Waals surface area contributed by atoms with Crippen LogP contribution in [0.3, 0.4) is 0 Å². The number of carbonyl (C=O) groups excluding carboxylic acids is 1. The summed E-state index contributed by atoms with van der Waals surface area (Å²) in [7, 11) is -3.57. The Labute approximate surface area is 153 Å². The van der Waals surface area contributed by atoms with Gasteiger partial charge in [-0.15, -0.1) is 11.3 Å². The van der Waals surface area contributed by atoms with Gasteiger partial charge in [0.25, 0.3) is 5.91 Å². The lowest BCUT2D eigenvalue weighted by atomic mass is 10.2. The fraction of sp³-hybridized carbons (Fsp3) is 0.389. The lowest BCUT2D eigenvalue weighted by Gasteiger charge is -2.22. The normalized spacial score (nSPS) is 11.7. The molecule has 2 rings (SSSR count). The van der Waals surface area contributed by atoms with Crippen LogP contribution in [0.15, 0.2) is 46.7 Å². The summed E-state index contributed by atoms with van der Waals surface area (Å²) in [6, 6.07) is 10.3. The molecule has 1 heterocycles. The zero-order valence-corrected chi connectivity index (χ0v) is 16.4. The first-order valence-electron chi connectivity index (χ1n) is 8.35. The monoisotopic (exact) mass is 380 g/mol. The Morgan fingerprint density at radius 3 is 2.32 bits per heavy atom. The molecule has 7 heteroatoms. The summed E-state index contributed by atoms with van der Waals surface area (Å²) < 4.78 is 26.7. The summed E-state index contributed by atoms with van der Waals surface area (Å²) in [5.74, 6) is -0.160. The fourth-order valence-electron chi connectivity index (χ4n) is 2.60. The van der Waals surface area contributed by atoms with Crippen LogP contribution in [0, 0.1) is 0 Å². The maximum absolute atomic E-state index is 12.8. The van der Waals surface area contributed by atoms with E-state index in [9.17, 15) is 13.2 Å². The summed E-state index contributed by atoms with van der Waals surface area (Å²) in [6.45, 7) is 7.41. The first-order valence-corrected chi connectivity index (χ1v) is 10.7. The standard InChI is InChI=1S/C18H24N2O3S2/c1-4-19(14-16-10-8-12-24-16)18(21)15-9-7-11-17(13-15)25(22,23)20(5-2)6-3/h7-13H,4-6,14H2,1-3H3. The minimum absolute atomic E-state index is 0.160. The van der Waals surface area contributed by atoms with Crippen molar-refractivity contribution in [1.29, 1.82) is 0 Å². The molecule has 0 fully saturated rings. The molecule has 0 atom stereocenters. The van der Waals surface area contributed by atoms with Crippen LogP contribution in [0.2, 0.25) is 0 Å². The van der Waals surface area contributed by atoms with E-state index in [2.05, 4.69) is 0 Å². The van der Waals surface area contributed by atoms with Crippen molar-refractivity contribution in [2.45, 2.75) is 32.2 Å². The number of benzene rings is 1. The highest BCUT2D eigenvalue weighted by molar-refractivity contribution is 7.89. The smallest absolute Gasteiger partial charge is 0.254 e. The van der Waals surface area contributed by atoms with Crippen molar-refractivity contribution < 1.29 is 13.2 Å². The van der Waals surface area contributed by atoms with Gasteiger partial charge in [0, 0.05) is 30.1 Å². The molecule has 0 unspecified atom stereocenters. The summed E-state index contributed by atoms with van der Waals surface area (Å²) in [4.78, 5) is 15.8. The average molecular weight is 381 g/mol. The highest BCUT2D eigenvalue weighted by atomic mass is 32.2. The van der Waals surface area contributed by atoms with E-state index in [-0.39, 0.29) is 10.8 Å². The zero-order chi connectivity index (χ0) is 18.4. The van der Waals surface area contributed by atoms with E-state index in [1.54, 1.807) is 48.3 Å². The number of carbonyl (C=O) groups is 1. The van der Waals surface area contributed by atoms with E-state index in [4.69, 9.17) is 0 Å². The third kappa shape index (κ3) is 4.48. The number of thiophene rings is 1. The molecule has 0 N–H and O–H groups in total. The molecule has 0 aliphatic heterocycles. The van der Waals surface area contributed by atoms with E-state index in [1.165, 1.54) is 10.4 Å². The zero-order valence-electron chi connectivity index (χ0n) is 14.8. The second kappa shape index (κ2) is 8.60. The maximum atomic E-state index is 12.8. The van der Waals surface area contributed by atoms with Gasteiger partial charge in [-0.1, -0.05) is 26.0 Å². The van der Waals surface area contributed by atoms with Crippen LogP contribution >= 0.6 is 11.3 Å².